The summed E-state index contributed by atoms with van der Waals surface area (Å²) in [4.78, 5) is 29.3. The van der Waals surface area contributed by atoms with Gasteiger partial charge in [-0.2, -0.15) is 0 Å². The highest BCUT2D eigenvalue weighted by Crippen LogP contribution is 2.31. The van der Waals surface area contributed by atoms with Gasteiger partial charge in [0.1, 0.15) is 0 Å². The van der Waals surface area contributed by atoms with Crippen LogP contribution >= 0.6 is 23.2 Å². The zero-order valence-corrected chi connectivity index (χ0v) is 14.3. The van der Waals surface area contributed by atoms with E-state index in [9.17, 15) is 9.59 Å². The molecule has 2 amide bonds. The fourth-order valence-corrected chi connectivity index (χ4v) is 3.64. The Labute approximate surface area is 145 Å². The highest BCUT2D eigenvalue weighted by molar-refractivity contribution is 6.62. The van der Waals surface area contributed by atoms with Crippen LogP contribution in [0.2, 0.25) is 5.02 Å². The molecule has 2 aliphatic heterocycles. The van der Waals surface area contributed by atoms with Gasteiger partial charge < -0.3 is 14.7 Å². The van der Waals surface area contributed by atoms with Gasteiger partial charge in [0.25, 0.3) is 5.91 Å². The van der Waals surface area contributed by atoms with Gasteiger partial charge in [-0.3, -0.25) is 9.59 Å². The van der Waals surface area contributed by atoms with Crippen LogP contribution in [0.1, 0.15) is 23.2 Å². The first-order valence-electron chi connectivity index (χ1n) is 7.85. The molecular weight excluding hydrogens is 337 g/mol. The average molecular weight is 356 g/mol. The average Bonchev–Trinajstić information content (AvgIpc) is 3.09. The van der Waals surface area contributed by atoms with Crippen LogP contribution < -0.4 is 4.90 Å². The SMILES string of the molecule is O=C(Cl)N1CCN(c2cccc(C(=O)N3CCCC3)c2Cl)CC1. The van der Waals surface area contributed by atoms with Gasteiger partial charge in [-0.15, -0.1) is 0 Å². The standard InChI is InChI=1S/C16H19Cl2N3O2/c17-14-12(15(22)20-6-1-2-7-20)4-3-5-13(14)19-8-10-21(11-9-19)16(18)23/h3-5H,1-2,6-11H2. The largest absolute Gasteiger partial charge is 0.367 e. The Morgan fingerprint density at radius 1 is 0.913 bits per heavy atom. The molecule has 1 aromatic carbocycles. The first-order valence-corrected chi connectivity index (χ1v) is 8.60. The summed E-state index contributed by atoms with van der Waals surface area (Å²) in [5.74, 6) is 0.00363. The molecule has 0 saturated carbocycles. The normalized spacial score (nSPS) is 18.4. The van der Waals surface area contributed by atoms with Crippen LogP contribution in [0, 0.1) is 0 Å². The number of nitrogens with zero attached hydrogens (tertiary/aromatic N) is 3. The van der Waals surface area contributed by atoms with Crippen molar-refractivity contribution in [3.05, 3.63) is 28.8 Å². The topological polar surface area (TPSA) is 43.9 Å². The Balaban J connectivity index is 1.77. The van der Waals surface area contributed by atoms with Crippen LogP contribution in [0.5, 0.6) is 0 Å². The molecular formula is C16H19Cl2N3O2. The van der Waals surface area contributed by atoms with Gasteiger partial charge in [0.2, 0.25) is 0 Å². The van der Waals surface area contributed by atoms with E-state index in [0.29, 0.717) is 36.8 Å². The molecule has 0 radical (unpaired) electrons. The van der Waals surface area contributed by atoms with Gasteiger partial charge in [-0.1, -0.05) is 17.7 Å². The number of carbonyl (C=O) groups is 2. The van der Waals surface area contributed by atoms with Crippen LogP contribution in [-0.4, -0.2) is 60.3 Å². The van der Waals surface area contributed by atoms with Crippen molar-refractivity contribution in [2.45, 2.75) is 12.8 Å². The van der Waals surface area contributed by atoms with Crippen molar-refractivity contribution in [3.8, 4) is 0 Å². The molecule has 0 atom stereocenters. The van der Waals surface area contributed by atoms with Crippen molar-refractivity contribution in [1.29, 1.82) is 0 Å². The van der Waals surface area contributed by atoms with Crippen molar-refractivity contribution >= 4 is 40.2 Å². The van der Waals surface area contributed by atoms with Crippen LogP contribution in [0.25, 0.3) is 0 Å². The lowest BCUT2D eigenvalue weighted by Gasteiger charge is -2.35. The summed E-state index contributed by atoms with van der Waals surface area (Å²) < 4.78 is 0. The number of likely N-dealkylation sites (tertiary alicyclic amines) is 1. The van der Waals surface area contributed by atoms with E-state index in [1.54, 1.807) is 11.0 Å². The van der Waals surface area contributed by atoms with E-state index >= 15 is 0 Å². The van der Waals surface area contributed by atoms with Gasteiger partial charge >= 0.3 is 5.37 Å². The number of hydrogen-bond donors (Lipinski definition) is 0. The second-order valence-corrected chi connectivity index (χ2v) is 6.57. The summed E-state index contributed by atoms with van der Waals surface area (Å²) in [5.41, 5.74) is 1.40. The lowest BCUT2D eigenvalue weighted by Crippen LogP contribution is -2.47. The zero-order valence-electron chi connectivity index (χ0n) is 12.8. The van der Waals surface area contributed by atoms with Crippen molar-refractivity contribution in [2.75, 3.05) is 44.2 Å². The summed E-state index contributed by atoms with van der Waals surface area (Å²) >= 11 is 12.0. The Hall–Kier alpha value is -1.46. The van der Waals surface area contributed by atoms with Crippen LogP contribution in [0.4, 0.5) is 10.5 Å². The number of rotatable bonds is 2. The van der Waals surface area contributed by atoms with E-state index in [1.165, 1.54) is 0 Å². The highest BCUT2D eigenvalue weighted by atomic mass is 35.5. The lowest BCUT2D eigenvalue weighted by molar-refractivity contribution is 0.0793. The van der Waals surface area contributed by atoms with Crippen molar-refractivity contribution < 1.29 is 9.59 Å². The number of hydrogen-bond acceptors (Lipinski definition) is 3. The first-order chi connectivity index (χ1) is 11.1. The Bertz CT molecular complexity index is 609. The number of benzene rings is 1. The van der Waals surface area contributed by atoms with E-state index in [4.69, 9.17) is 23.2 Å². The predicted molar refractivity (Wildman–Crippen MR) is 91.6 cm³/mol. The molecule has 2 saturated heterocycles. The highest BCUT2D eigenvalue weighted by Gasteiger charge is 2.26. The third-order valence-corrected chi connectivity index (χ3v) is 5.11. The van der Waals surface area contributed by atoms with Crippen LogP contribution in [0.3, 0.4) is 0 Å². The van der Waals surface area contributed by atoms with Gasteiger partial charge in [0.15, 0.2) is 0 Å². The zero-order chi connectivity index (χ0) is 16.4. The predicted octanol–water partition coefficient (Wildman–Crippen LogP) is 3.06. The Kier molecular flexibility index (Phi) is 4.97. The number of piperazine rings is 1. The quantitative estimate of drug-likeness (QED) is 0.604. The smallest absolute Gasteiger partial charge is 0.316 e. The number of carbonyl (C=O) groups excluding carboxylic acids is 2. The molecule has 2 aliphatic rings. The second-order valence-electron chi connectivity index (χ2n) is 5.87. The van der Waals surface area contributed by atoms with Gasteiger partial charge in [0.05, 0.1) is 16.3 Å². The van der Waals surface area contributed by atoms with E-state index < -0.39 is 5.37 Å². The molecule has 0 aliphatic carbocycles. The summed E-state index contributed by atoms with van der Waals surface area (Å²) in [6.45, 7) is 4.02. The Morgan fingerprint density at radius 3 is 2.17 bits per heavy atom. The third-order valence-electron chi connectivity index (χ3n) is 4.47. The molecule has 2 fully saturated rings. The number of halogens is 2. The molecule has 0 unspecified atom stereocenters. The summed E-state index contributed by atoms with van der Waals surface area (Å²) in [6, 6.07) is 5.57. The maximum Gasteiger partial charge on any atom is 0.316 e. The van der Waals surface area contributed by atoms with Crippen molar-refractivity contribution in [2.24, 2.45) is 0 Å². The molecule has 1 aromatic rings. The van der Waals surface area contributed by atoms with Crippen molar-refractivity contribution in [3.63, 3.8) is 0 Å². The molecule has 2 heterocycles. The molecule has 7 heteroatoms. The van der Waals surface area contributed by atoms with Gasteiger partial charge in [-0.05, 0) is 36.6 Å². The number of amides is 2. The van der Waals surface area contributed by atoms with E-state index in [-0.39, 0.29) is 5.91 Å². The number of anilines is 1. The van der Waals surface area contributed by atoms with E-state index in [1.807, 2.05) is 17.0 Å². The molecule has 23 heavy (non-hydrogen) atoms. The monoisotopic (exact) mass is 355 g/mol. The minimum absolute atomic E-state index is 0.00363. The second kappa shape index (κ2) is 6.97. The molecule has 5 nitrogen and oxygen atoms in total. The summed E-state index contributed by atoms with van der Waals surface area (Å²) in [5, 5.41) is 0.0729. The molecule has 124 valence electrons. The fourth-order valence-electron chi connectivity index (χ4n) is 3.14. The molecule has 0 N–H and O–H groups in total. The minimum atomic E-state index is -0.422. The van der Waals surface area contributed by atoms with E-state index in [2.05, 4.69) is 4.90 Å². The molecule has 3 rings (SSSR count). The molecule has 0 spiro atoms. The van der Waals surface area contributed by atoms with Crippen LogP contribution in [0.15, 0.2) is 18.2 Å². The molecule has 0 aromatic heterocycles. The fraction of sp³-hybridized carbons (Fsp3) is 0.500. The van der Waals surface area contributed by atoms with Gasteiger partial charge in [-0.25, -0.2) is 0 Å². The van der Waals surface area contributed by atoms with Gasteiger partial charge in [0, 0.05) is 39.3 Å². The first kappa shape index (κ1) is 16.4. The molecule has 0 bridgehead atoms. The maximum atomic E-state index is 12.6. The van der Waals surface area contributed by atoms with E-state index in [0.717, 1.165) is 31.6 Å². The summed E-state index contributed by atoms with van der Waals surface area (Å²) in [6.07, 6.45) is 2.11. The minimum Gasteiger partial charge on any atom is -0.367 e. The van der Waals surface area contributed by atoms with Crippen LogP contribution in [-0.2, 0) is 0 Å². The Morgan fingerprint density at radius 2 is 1.57 bits per heavy atom. The lowest BCUT2D eigenvalue weighted by atomic mass is 10.1. The maximum absolute atomic E-state index is 12.6. The van der Waals surface area contributed by atoms with Crippen molar-refractivity contribution in [1.82, 2.24) is 9.80 Å². The summed E-state index contributed by atoms with van der Waals surface area (Å²) in [7, 11) is 0. The third kappa shape index (κ3) is 3.40.